The zero-order chi connectivity index (χ0) is 18.8. The summed E-state index contributed by atoms with van der Waals surface area (Å²) in [5, 5.41) is 12.5. The van der Waals surface area contributed by atoms with Crippen molar-refractivity contribution in [2.24, 2.45) is 0 Å². The lowest BCUT2D eigenvalue weighted by molar-refractivity contribution is 0.0938. The van der Waals surface area contributed by atoms with Crippen molar-refractivity contribution in [3.63, 3.8) is 0 Å². The fourth-order valence-corrected chi connectivity index (χ4v) is 2.58. The molecule has 26 heavy (non-hydrogen) atoms. The van der Waals surface area contributed by atoms with Crippen LogP contribution in [0, 0.1) is 6.92 Å². The maximum atomic E-state index is 8.66. The minimum atomic E-state index is 0.0348. The predicted octanol–water partition coefficient (Wildman–Crippen LogP) is 3.33. The van der Waals surface area contributed by atoms with Crippen LogP contribution in [0.25, 0.3) is 0 Å². The first-order chi connectivity index (χ1) is 12.6. The Balaban J connectivity index is 1.93. The van der Waals surface area contributed by atoms with Gasteiger partial charge in [-0.05, 0) is 24.1 Å². The van der Waals surface area contributed by atoms with E-state index in [4.69, 9.17) is 30.9 Å². The third-order valence-corrected chi connectivity index (χ3v) is 4.17. The highest BCUT2D eigenvalue weighted by atomic mass is 35.5. The largest absolute Gasteiger partial charge is 0.493 e. The standard InChI is InChI=1S/C20H26ClNO4/c1-15-3-5-16(6-4-15)14-26-20-12-18(21)17(11-19(20)24-2)13-22-7-9-25-10-8-23/h3-6,11-12,22-23H,7-10,13-14H2,1-2H3. The van der Waals surface area contributed by atoms with Crippen molar-refractivity contribution in [2.75, 3.05) is 33.5 Å². The average Bonchev–Trinajstić information content (AvgIpc) is 2.65. The Morgan fingerprint density at radius 1 is 1.08 bits per heavy atom. The molecule has 0 amide bonds. The molecule has 0 aliphatic carbocycles. The van der Waals surface area contributed by atoms with Crippen LogP contribution in [-0.2, 0) is 17.9 Å². The molecule has 0 aromatic heterocycles. The highest BCUT2D eigenvalue weighted by Crippen LogP contribution is 2.33. The van der Waals surface area contributed by atoms with E-state index in [-0.39, 0.29) is 6.61 Å². The molecule has 142 valence electrons. The number of ether oxygens (including phenoxy) is 3. The summed E-state index contributed by atoms with van der Waals surface area (Å²) >= 11 is 6.38. The van der Waals surface area contributed by atoms with Crippen LogP contribution in [0.4, 0.5) is 0 Å². The van der Waals surface area contributed by atoms with E-state index in [0.717, 1.165) is 11.1 Å². The van der Waals surface area contributed by atoms with Crippen LogP contribution in [0.2, 0.25) is 5.02 Å². The van der Waals surface area contributed by atoms with E-state index >= 15 is 0 Å². The second-order valence-electron chi connectivity index (χ2n) is 5.88. The van der Waals surface area contributed by atoms with Gasteiger partial charge in [0, 0.05) is 24.2 Å². The van der Waals surface area contributed by atoms with Gasteiger partial charge >= 0.3 is 0 Å². The molecule has 0 saturated carbocycles. The molecule has 2 aromatic carbocycles. The lowest BCUT2D eigenvalue weighted by Gasteiger charge is -2.14. The highest BCUT2D eigenvalue weighted by Gasteiger charge is 2.11. The SMILES string of the molecule is COc1cc(CNCCOCCO)c(Cl)cc1OCc1ccc(C)cc1. The smallest absolute Gasteiger partial charge is 0.163 e. The van der Waals surface area contributed by atoms with Crippen molar-refractivity contribution in [1.82, 2.24) is 5.32 Å². The molecule has 0 heterocycles. The van der Waals surface area contributed by atoms with Gasteiger partial charge in [-0.2, -0.15) is 0 Å². The summed E-state index contributed by atoms with van der Waals surface area (Å²) in [6.07, 6.45) is 0. The first kappa shape index (κ1) is 20.5. The van der Waals surface area contributed by atoms with Gasteiger partial charge in [0.2, 0.25) is 0 Å². The molecule has 2 aromatic rings. The Morgan fingerprint density at radius 2 is 1.85 bits per heavy atom. The predicted molar refractivity (Wildman–Crippen MR) is 103 cm³/mol. The number of aliphatic hydroxyl groups is 1. The topological polar surface area (TPSA) is 60.0 Å². The summed E-state index contributed by atoms with van der Waals surface area (Å²) in [5.74, 6) is 1.27. The van der Waals surface area contributed by atoms with E-state index in [9.17, 15) is 0 Å². The van der Waals surface area contributed by atoms with Crippen LogP contribution in [0.3, 0.4) is 0 Å². The number of rotatable bonds is 11. The lowest BCUT2D eigenvalue weighted by atomic mass is 10.1. The molecule has 0 radical (unpaired) electrons. The quantitative estimate of drug-likeness (QED) is 0.586. The monoisotopic (exact) mass is 379 g/mol. The van der Waals surface area contributed by atoms with Gasteiger partial charge in [-0.3, -0.25) is 0 Å². The van der Waals surface area contributed by atoms with E-state index in [1.54, 1.807) is 13.2 Å². The molecule has 0 aliphatic rings. The minimum Gasteiger partial charge on any atom is -0.493 e. The Morgan fingerprint density at radius 3 is 2.54 bits per heavy atom. The van der Waals surface area contributed by atoms with Crippen LogP contribution in [-0.4, -0.2) is 38.6 Å². The minimum absolute atomic E-state index is 0.0348. The fourth-order valence-electron chi connectivity index (χ4n) is 2.36. The zero-order valence-corrected chi connectivity index (χ0v) is 16.0. The molecule has 0 aliphatic heterocycles. The number of hydrogen-bond acceptors (Lipinski definition) is 5. The molecule has 2 N–H and O–H groups in total. The van der Waals surface area contributed by atoms with Crippen LogP contribution < -0.4 is 14.8 Å². The molecule has 6 heteroatoms. The summed E-state index contributed by atoms with van der Waals surface area (Å²) in [7, 11) is 1.61. The van der Waals surface area contributed by atoms with E-state index in [2.05, 4.69) is 24.4 Å². The van der Waals surface area contributed by atoms with E-state index < -0.39 is 0 Å². The van der Waals surface area contributed by atoms with Crippen molar-refractivity contribution in [2.45, 2.75) is 20.1 Å². The molecule has 0 saturated heterocycles. The summed E-state index contributed by atoms with van der Waals surface area (Å²) in [4.78, 5) is 0. The number of nitrogens with one attached hydrogen (secondary N) is 1. The lowest BCUT2D eigenvalue weighted by Crippen LogP contribution is -2.20. The van der Waals surface area contributed by atoms with Crippen molar-refractivity contribution in [3.05, 3.63) is 58.1 Å². The number of methoxy groups -OCH3 is 1. The number of aliphatic hydroxyl groups excluding tert-OH is 1. The van der Waals surface area contributed by atoms with Gasteiger partial charge in [0.25, 0.3) is 0 Å². The van der Waals surface area contributed by atoms with E-state index in [1.165, 1.54) is 5.56 Å². The molecule has 0 unspecified atom stereocenters. The molecule has 2 rings (SSSR count). The van der Waals surface area contributed by atoms with Gasteiger partial charge in [-0.25, -0.2) is 0 Å². The normalized spacial score (nSPS) is 10.8. The van der Waals surface area contributed by atoms with Crippen LogP contribution in [0.1, 0.15) is 16.7 Å². The van der Waals surface area contributed by atoms with Gasteiger partial charge in [-0.15, -0.1) is 0 Å². The first-order valence-corrected chi connectivity index (χ1v) is 8.96. The van der Waals surface area contributed by atoms with Crippen molar-refractivity contribution >= 4 is 11.6 Å². The van der Waals surface area contributed by atoms with Crippen LogP contribution in [0.15, 0.2) is 36.4 Å². The number of hydrogen-bond donors (Lipinski definition) is 2. The highest BCUT2D eigenvalue weighted by molar-refractivity contribution is 6.31. The summed E-state index contributed by atoms with van der Waals surface area (Å²) in [6.45, 7) is 4.69. The van der Waals surface area contributed by atoms with Crippen LogP contribution in [0.5, 0.6) is 11.5 Å². The van der Waals surface area contributed by atoms with E-state index in [0.29, 0.717) is 49.4 Å². The fraction of sp³-hybridized carbons (Fsp3) is 0.400. The second kappa shape index (κ2) is 11.0. The Bertz CT molecular complexity index is 676. The zero-order valence-electron chi connectivity index (χ0n) is 15.3. The summed E-state index contributed by atoms with van der Waals surface area (Å²) in [6, 6.07) is 11.9. The van der Waals surface area contributed by atoms with Gasteiger partial charge < -0.3 is 24.6 Å². The molecule has 0 bridgehead atoms. The molecular weight excluding hydrogens is 354 g/mol. The molecule has 0 fully saturated rings. The maximum absolute atomic E-state index is 8.66. The molecule has 5 nitrogen and oxygen atoms in total. The van der Waals surface area contributed by atoms with Gasteiger partial charge in [0.1, 0.15) is 6.61 Å². The van der Waals surface area contributed by atoms with Crippen LogP contribution >= 0.6 is 11.6 Å². The third kappa shape index (κ3) is 6.50. The van der Waals surface area contributed by atoms with Gasteiger partial charge in [0.05, 0.1) is 26.9 Å². The van der Waals surface area contributed by atoms with Gasteiger partial charge in [-0.1, -0.05) is 41.4 Å². The maximum Gasteiger partial charge on any atom is 0.163 e. The molecule has 0 spiro atoms. The summed E-state index contributed by atoms with van der Waals surface area (Å²) < 4.78 is 16.5. The third-order valence-electron chi connectivity index (χ3n) is 3.82. The van der Waals surface area contributed by atoms with Crippen molar-refractivity contribution < 1.29 is 19.3 Å². The Labute approximate surface area is 159 Å². The Hall–Kier alpha value is -1.79. The van der Waals surface area contributed by atoms with E-state index in [1.807, 2.05) is 18.2 Å². The molecule has 0 atom stereocenters. The first-order valence-electron chi connectivity index (χ1n) is 8.58. The summed E-state index contributed by atoms with van der Waals surface area (Å²) in [5.41, 5.74) is 3.23. The Kier molecular flexibility index (Phi) is 8.71. The average molecular weight is 380 g/mol. The molecular formula is C20H26ClNO4. The number of aryl methyl sites for hydroxylation is 1. The number of halogens is 1. The van der Waals surface area contributed by atoms with Crippen molar-refractivity contribution in [3.8, 4) is 11.5 Å². The number of benzene rings is 2. The van der Waals surface area contributed by atoms with Gasteiger partial charge in [0.15, 0.2) is 11.5 Å². The second-order valence-corrected chi connectivity index (χ2v) is 6.29. The van der Waals surface area contributed by atoms with Crippen molar-refractivity contribution in [1.29, 1.82) is 0 Å².